The molecule has 0 atom stereocenters. The quantitative estimate of drug-likeness (QED) is 0.588. The number of sulfone groups is 1. The Morgan fingerprint density at radius 1 is 1.11 bits per heavy atom. The third-order valence-corrected chi connectivity index (χ3v) is 3.99. The van der Waals surface area contributed by atoms with Gasteiger partial charge in [0.1, 0.15) is 13.8 Å². The Morgan fingerprint density at radius 2 is 1.68 bits per heavy atom. The largest absolute Gasteiger partial charge is 0.228 e. The van der Waals surface area contributed by atoms with Gasteiger partial charge in [0.25, 0.3) is 0 Å². The van der Waals surface area contributed by atoms with Crippen molar-refractivity contribution >= 4 is 17.9 Å². The third-order valence-electron chi connectivity index (χ3n) is 2.13. The second-order valence-electron chi connectivity index (χ2n) is 5.40. The normalized spacial score (nSPS) is 10.9. The van der Waals surface area contributed by atoms with E-state index in [2.05, 4.69) is 42.3 Å². The van der Waals surface area contributed by atoms with E-state index in [1.165, 1.54) is 0 Å². The Bertz CT molecular complexity index is 657. The Balaban J connectivity index is 2.81. The molecule has 0 aromatic heterocycles. The monoisotopic (exact) mass is 290 g/mol. The standard InChI is InChI=1S/C15H18O2SSi/c1-14-6-8-15(9-7-14)10-12-18(16,17)11-5-13-19(2,3)4/h6-9H,11H2,1-4H3. The first-order valence-electron chi connectivity index (χ1n) is 6.00. The van der Waals surface area contributed by atoms with Gasteiger partial charge in [-0.2, -0.15) is 0 Å². The molecule has 1 aromatic rings. The van der Waals surface area contributed by atoms with Crippen LogP contribution in [-0.4, -0.2) is 22.2 Å². The Kier molecular flexibility index (Phi) is 5.00. The molecule has 2 nitrogen and oxygen atoms in total. The van der Waals surface area contributed by atoms with E-state index < -0.39 is 17.9 Å². The summed E-state index contributed by atoms with van der Waals surface area (Å²) in [4.78, 5) is 0. The number of hydrogen-bond donors (Lipinski definition) is 0. The van der Waals surface area contributed by atoms with Crippen LogP contribution >= 0.6 is 0 Å². The lowest BCUT2D eigenvalue weighted by Crippen LogP contribution is -2.17. The first-order valence-corrected chi connectivity index (χ1v) is 11.2. The predicted octanol–water partition coefficient (Wildman–Crippen LogP) is 2.60. The summed E-state index contributed by atoms with van der Waals surface area (Å²) in [7, 11) is -4.95. The predicted molar refractivity (Wildman–Crippen MR) is 83.0 cm³/mol. The topological polar surface area (TPSA) is 34.1 Å². The fourth-order valence-corrected chi connectivity index (χ4v) is 2.56. The number of hydrogen-bond acceptors (Lipinski definition) is 2. The van der Waals surface area contributed by atoms with Gasteiger partial charge in [0.15, 0.2) is 0 Å². The zero-order chi connectivity index (χ0) is 14.5. The maximum Gasteiger partial charge on any atom is 0.228 e. The lowest BCUT2D eigenvalue weighted by molar-refractivity contribution is 0.609. The molecule has 19 heavy (non-hydrogen) atoms. The first-order chi connectivity index (χ1) is 8.68. The second kappa shape index (κ2) is 6.10. The molecule has 0 aliphatic carbocycles. The van der Waals surface area contributed by atoms with Crippen molar-refractivity contribution < 1.29 is 8.42 Å². The third kappa shape index (κ3) is 6.86. The summed E-state index contributed by atoms with van der Waals surface area (Å²) in [5.74, 6) is 5.21. The van der Waals surface area contributed by atoms with E-state index in [0.29, 0.717) is 5.56 Å². The number of rotatable bonds is 1. The molecule has 0 spiro atoms. The summed E-state index contributed by atoms with van der Waals surface area (Å²) in [6, 6.07) is 7.43. The van der Waals surface area contributed by atoms with Gasteiger partial charge in [-0.15, -0.1) is 5.54 Å². The van der Waals surface area contributed by atoms with Gasteiger partial charge in [-0.1, -0.05) is 43.3 Å². The van der Waals surface area contributed by atoms with Crippen molar-refractivity contribution in [2.24, 2.45) is 0 Å². The number of aryl methyl sites for hydroxylation is 1. The van der Waals surface area contributed by atoms with Gasteiger partial charge in [-0.05, 0) is 25.0 Å². The van der Waals surface area contributed by atoms with Gasteiger partial charge in [0.2, 0.25) is 9.84 Å². The van der Waals surface area contributed by atoms with E-state index in [0.717, 1.165) is 5.56 Å². The number of benzene rings is 1. The molecule has 0 saturated carbocycles. The maximum absolute atomic E-state index is 11.7. The van der Waals surface area contributed by atoms with Crippen molar-refractivity contribution in [2.45, 2.75) is 26.6 Å². The molecule has 100 valence electrons. The lowest BCUT2D eigenvalue weighted by atomic mass is 10.2. The zero-order valence-corrected chi connectivity index (χ0v) is 13.6. The fourth-order valence-electron chi connectivity index (χ4n) is 1.21. The van der Waals surface area contributed by atoms with Gasteiger partial charge < -0.3 is 0 Å². The molecule has 0 bridgehead atoms. The Morgan fingerprint density at radius 3 is 2.21 bits per heavy atom. The van der Waals surface area contributed by atoms with Crippen molar-refractivity contribution in [3.8, 4) is 22.6 Å². The molecule has 0 amide bonds. The minimum Gasteiger partial charge on any atom is -0.214 e. The summed E-state index contributed by atoms with van der Waals surface area (Å²) in [6.45, 7) is 8.19. The van der Waals surface area contributed by atoms with E-state index in [9.17, 15) is 8.42 Å². The van der Waals surface area contributed by atoms with E-state index in [-0.39, 0.29) is 5.75 Å². The highest BCUT2D eigenvalue weighted by Gasteiger charge is 2.09. The minimum atomic E-state index is -3.42. The molecule has 0 aliphatic rings. The second-order valence-corrected chi connectivity index (χ2v) is 11.9. The smallest absolute Gasteiger partial charge is 0.214 e. The van der Waals surface area contributed by atoms with E-state index in [1.807, 2.05) is 31.2 Å². The first kappa shape index (κ1) is 15.6. The van der Waals surface area contributed by atoms with Crippen LogP contribution in [0.2, 0.25) is 19.6 Å². The summed E-state index contributed by atoms with van der Waals surface area (Å²) in [5.41, 5.74) is 4.85. The molecular weight excluding hydrogens is 272 g/mol. The van der Waals surface area contributed by atoms with Crippen molar-refractivity contribution in [3.05, 3.63) is 35.4 Å². The summed E-state index contributed by atoms with van der Waals surface area (Å²) in [6.07, 6.45) is 0. The molecule has 0 radical (unpaired) electrons. The van der Waals surface area contributed by atoms with Crippen LogP contribution in [0.4, 0.5) is 0 Å². The van der Waals surface area contributed by atoms with Crippen LogP contribution in [0, 0.1) is 29.6 Å². The molecule has 0 unspecified atom stereocenters. The van der Waals surface area contributed by atoms with E-state index >= 15 is 0 Å². The van der Waals surface area contributed by atoms with Gasteiger partial charge >= 0.3 is 0 Å². The van der Waals surface area contributed by atoms with E-state index in [1.54, 1.807) is 0 Å². The highest BCUT2D eigenvalue weighted by Crippen LogP contribution is 2.01. The highest BCUT2D eigenvalue weighted by molar-refractivity contribution is 7.96. The highest BCUT2D eigenvalue weighted by atomic mass is 32.2. The minimum absolute atomic E-state index is 0.184. The van der Waals surface area contributed by atoms with Crippen molar-refractivity contribution in [2.75, 3.05) is 5.75 Å². The Labute approximate surface area is 117 Å². The average molecular weight is 290 g/mol. The fraction of sp³-hybridized carbons (Fsp3) is 0.333. The van der Waals surface area contributed by atoms with Gasteiger partial charge in [0.05, 0.1) is 0 Å². The molecule has 0 fully saturated rings. The van der Waals surface area contributed by atoms with Crippen molar-refractivity contribution in [1.82, 2.24) is 0 Å². The van der Waals surface area contributed by atoms with Crippen LogP contribution in [0.15, 0.2) is 24.3 Å². The zero-order valence-electron chi connectivity index (χ0n) is 11.7. The van der Waals surface area contributed by atoms with E-state index in [4.69, 9.17) is 0 Å². The van der Waals surface area contributed by atoms with Crippen LogP contribution < -0.4 is 0 Å². The summed E-state index contributed by atoms with van der Waals surface area (Å²) in [5, 5.41) is 2.32. The van der Waals surface area contributed by atoms with Gasteiger partial charge in [0, 0.05) is 10.8 Å². The van der Waals surface area contributed by atoms with Crippen molar-refractivity contribution in [3.63, 3.8) is 0 Å². The van der Waals surface area contributed by atoms with Crippen LogP contribution in [0.25, 0.3) is 0 Å². The molecule has 0 aliphatic heterocycles. The average Bonchev–Trinajstić information content (AvgIpc) is 2.26. The van der Waals surface area contributed by atoms with Gasteiger partial charge in [-0.3, -0.25) is 0 Å². The van der Waals surface area contributed by atoms with Crippen LogP contribution in [-0.2, 0) is 9.84 Å². The molecule has 0 N–H and O–H groups in total. The molecule has 1 aromatic carbocycles. The van der Waals surface area contributed by atoms with Crippen LogP contribution in [0.5, 0.6) is 0 Å². The molecule has 0 heterocycles. The summed E-state index contributed by atoms with van der Waals surface area (Å²) < 4.78 is 23.4. The lowest BCUT2D eigenvalue weighted by Gasteiger charge is -2.02. The van der Waals surface area contributed by atoms with Crippen LogP contribution in [0.3, 0.4) is 0 Å². The SMILES string of the molecule is Cc1ccc(C#CS(=O)(=O)CC#C[Si](C)(C)C)cc1. The molecule has 0 saturated heterocycles. The molecule has 4 heteroatoms. The Hall–Kier alpha value is -1.49. The van der Waals surface area contributed by atoms with Gasteiger partial charge in [-0.25, -0.2) is 8.42 Å². The van der Waals surface area contributed by atoms with Crippen LogP contribution in [0.1, 0.15) is 11.1 Å². The molecular formula is C15H18O2SSi. The summed E-state index contributed by atoms with van der Waals surface area (Å²) >= 11 is 0. The molecule has 1 rings (SSSR count). The van der Waals surface area contributed by atoms with Crippen molar-refractivity contribution in [1.29, 1.82) is 0 Å². The maximum atomic E-state index is 11.7.